The van der Waals surface area contributed by atoms with Gasteiger partial charge in [-0.25, -0.2) is 0 Å². The maximum Gasteiger partial charge on any atom is 0.0612 e. The second-order valence-corrected chi connectivity index (χ2v) is 6.78. The van der Waals surface area contributed by atoms with Gasteiger partial charge in [0.2, 0.25) is 0 Å². The van der Waals surface area contributed by atoms with Gasteiger partial charge < -0.3 is 4.74 Å². The van der Waals surface area contributed by atoms with E-state index >= 15 is 0 Å². The first-order valence-corrected chi connectivity index (χ1v) is 7.32. The molecule has 92 valence electrons. The summed E-state index contributed by atoms with van der Waals surface area (Å²) in [5.41, 5.74) is 0. The summed E-state index contributed by atoms with van der Waals surface area (Å²) in [5.74, 6) is 4.77. The molecule has 3 saturated carbocycles. The Morgan fingerprint density at radius 3 is 2.44 bits per heavy atom. The number of rotatable bonds is 3. The molecular weight excluding hydrogens is 196 g/mol. The van der Waals surface area contributed by atoms with E-state index in [4.69, 9.17) is 4.74 Å². The molecule has 0 heterocycles. The van der Waals surface area contributed by atoms with Gasteiger partial charge in [-0.1, -0.05) is 20.3 Å². The molecular formula is C15H26O. The van der Waals surface area contributed by atoms with Gasteiger partial charge in [0.1, 0.15) is 0 Å². The molecule has 0 aromatic rings. The van der Waals surface area contributed by atoms with Crippen molar-refractivity contribution in [3.63, 3.8) is 0 Å². The quantitative estimate of drug-likeness (QED) is 0.704. The Morgan fingerprint density at radius 2 is 1.69 bits per heavy atom. The van der Waals surface area contributed by atoms with Crippen LogP contribution in [0, 0.1) is 29.6 Å². The van der Waals surface area contributed by atoms with Crippen LogP contribution in [-0.4, -0.2) is 12.2 Å². The van der Waals surface area contributed by atoms with E-state index in [0.29, 0.717) is 18.1 Å². The van der Waals surface area contributed by atoms with Crippen LogP contribution in [0.1, 0.15) is 52.9 Å². The van der Waals surface area contributed by atoms with E-state index in [1.54, 1.807) is 0 Å². The highest BCUT2D eigenvalue weighted by Crippen LogP contribution is 2.59. The topological polar surface area (TPSA) is 9.23 Å². The summed E-state index contributed by atoms with van der Waals surface area (Å²) in [7, 11) is 0. The van der Waals surface area contributed by atoms with Crippen molar-refractivity contribution >= 4 is 0 Å². The van der Waals surface area contributed by atoms with E-state index in [-0.39, 0.29) is 0 Å². The van der Waals surface area contributed by atoms with Gasteiger partial charge in [-0.2, -0.15) is 0 Å². The Hall–Kier alpha value is -0.0400. The molecule has 0 radical (unpaired) electrons. The van der Waals surface area contributed by atoms with Crippen molar-refractivity contribution in [3.05, 3.63) is 0 Å². The van der Waals surface area contributed by atoms with E-state index in [2.05, 4.69) is 20.8 Å². The largest absolute Gasteiger partial charge is 0.375 e. The molecule has 2 bridgehead atoms. The minimum atomic E-state index is 0.448. The van der Waals surface area contributed by atoms with Gasteiger partial charge in [0.25, 0.3) is 0 Å². The van der Waals surface area contributed by atoms with Crippen LogP contribution in [0.2, 0.25) is 0 Å². The molecule has 0 aliphatic heterocycles. The minimum absolute atomic E-state index is 0.448. The van der Waals surface area contributed by atoms with Crippen molar-refractivity contribution in [1.82, 2.24) is 0 Å². The summed E-state index contributed by atoms with van der Waals surface area (Å²) < 4.78 is 6.31. The van der Waals surface area contributed by atoms with Crippen LogP contribution in [-0.2, 0) is 4.74 Å². The normalized spacial score (nSPS) is 47.6. The fourth-order valence-electron chi connectivity index (χ4n) is 4.59. The van der Waals surface area contributed by atoms with Crippen LogP contribution in [0.3, 0.4) is 0 Å². The van der Waals surface area contributed by atoms with E-state index in [0.717, 1.165) is 23.7 Å². The zero-order chi connectivity index (χ0) is 11.3. The molecule has 0 spiro atoms. The van der Waals surface area contributed by atoms with Crippen LogP contribution in [0.25, 0.3) is 0 Å². The van der Waals surface area contributed by atoms with Gasteiger partial charge >= 0.3 is 0 Å². The van der Waals surface area contributed by atoms with Crippen LogP contribution in [0.5, 0.6) is 0 Å². The van der Waals surface area contributed by atoms with E-state index in [1.807, 2.05) is 0 Å². The molecule has 3 aliphatic carbocycles. The highest BCUT2D eigenvalue weighted by molar-refractivity contribution is 5.03. The molecule has 0 amide bonds. The second-order valence-electron chi connectivity index (χ2n) is 6.78. The van der Waals surface area contributed by atoms with Gasteiger partial charge in [-0.05, 0) is 62.2 Å². The zero-order valence-corrected chi connectivity index (χ0v) is 11.0. The third kappa shape index (κ3) is 1.63. The molecule has 6 atom stereocenters. The van der Waals surface area contributed by atoms with Gasteiger partial charge in [0.15, 0.2) is 0 Å². The Labute approximate surface area is 99.9 Å². The molecule has 3 fully saturated rings. The molecule has 0 N–H and O–H groups in total. The summed E-state index contributed by atoms with van der Waals surface area (Å²) in [4.78, 5) is 0. The fraction of sp³-hybridized carbons (Fsp3) is 1.00. The summed E-state index contributed by atoms with van der Waals surface area (Å²) in [6.45, 7) is 6.80. The SMILES string of the molecule is CC(C)[C@@H](C)OC1CC2CC1C1CCCC21. The molecule has 1 heteroatoms. The first kappa shape index (κ1) is 11.1. The number of ether oxygens (including phenoxy) is 1. The van der Waals surface area contributed by atoms with Gasteiger partial charge in [0.05, 0.1) is 12.2 Å². The van der Waals surface area contributed by atoms with Crippen LogP contribution >= 0.6 is 0 Å². The lowest BCUT2D eigenvalue weighted by Gasteiger charge is -2.34. The summed E-state index contributed by atoms with van der Waals surface area (Å²) in [5, 5.41) is 0. The smallest absolute Gasteiger partial charge is 0.0612 e. The lowest BCUT2D eigenvalue weighted by atomic mass is 9.80. The minimum Gasteiger partial charge on any atom is -0.375 e. The van der Waals surface area contributed by atoms with Crippen molar-refractivity contribution in [1.29, 1.82) is 0 Å². The number of fused-ring (bicyclic) bond motifs is 5. The maximum atomic E-state index is 6.31. The van der Waals surface area contributed by atoms with Crippen molar-refractivity contribution in [3.8, 4) is 0 Å². The molecule has 3 rings (SSSR count). The van der Waals surface area contributed by atoms with Gasteiger partial charge in [-0.3, -0.25) is 0 Å². The second kappa shape index (κ2) is 4.01. The molecule has 16 heavy (non-hydrogen) atoms. The first-order valence-electron chi connectivity index (χ1n) is 7.32. The number of hydrogen-bond donors (Lipinski definition) is 0. The summed E-state index contributed by atoms with van der Waals surface area (Å²) >= 11 is 0. The monoisotopic (exact) mass is 222 g/mol. The van der Waals surface area contributed by atoms with Crippen LogP contribution < -0.4 is 0 Å². The molecule has 0 saturated heterocycles. The Morgan fingerprint density at radius 1 is 0.938 bits per heavy atom. The van der Waals surface area contributed by atoms with Gasteiger partial charge in [-0.15, -0.1) is 0 Å². The lowest BCUT2D eigenvalue weighted by Crippen LogP contribution is -2.34. The van der Waals surface area contributed by atoms with Crippen molar-refractivity contribution in [2.45, 2.75) is 65.1 Å². The van der Waals surface area contributed by atoms with E-state index in [1.165, 1.54) is 32.1 Å². The average molecular weight is 222 g/mol. The molecule has 0 aromatic heterocycles. The Balaban J connectivity index is 1.63. The van der Waals surface area contributed by atoms with Gasteiger partial charge in [0, 0.05) is 0 Å². The number of hydrogen-bond acceptors (Lipinski definition) is 1. The summed E-state index contributed by atoms with van der Waals surface area (Å²) in [6, 6.07) is 0. The van der Waals surface area contributed by atoms with Crippen LogP contribution in [0.4, 0.5) is 0 Å². The molecule has 1 nitrogen and oxygen atoms in total. The molecule has 0 aromatic carbocycles. The lowest BCUT2D eigenvalue weighted by molar-refractivity contribution is -0.0669. The van der Waals surface area contributed by atoms with Crippen molar-refractivity contribution in [2.75, 3.05) is 0 Å². The summed E-state index contributed by atoms with van der Waals surface area (Å²) in [6.07, 6.45) is 8.45. The third-order valence-electron chi connectivity index (χ3n) is 5.70. The highest BCUT2D eigenvalue weighted by atomic mass is 16.5. The predicted octanol–water partition coefficient (Wildman–Crippen LogP) is 3.87. The molecule has 3 aliphatic rings. The standard InChI is InChI=1S/C15H26O/c1-9(2)10(3)16-15-8-11-7-14(15)13-6-4-5-12(11)13/h9-15H,4-8H2,1-3H3/t10-,11?,12?,13?,14?,15?/m1/s1. The first-order chi connectivity index (χ1) is 7.66. The third-order valence-corrected chi connectivity index (χ3v) is 5.70. The predicted molar refractivity (Wildman–Crippen MR) is 66.2 cm³/mol. The fourth-order valence-corrected chi connectivity index (χ4v) is 4.59. The maximum absolute atomic E-state index is 6.31. The van der Waals surface area contributed by atoms with E-state index < -0.39 is 0 Å². The zero-order valence-electron chi connectivity index (χ0n) is 11.0. The average Bonchev–Trinajstić information content (AvgIpc) is 2.87. The van der Waals surface area contributed by atoms with Crippen molar-refractivity contribution < 1.29 is 4.74 Å². The van der Waals surface area contributed by atoms with Crippen LogP contribution in [0.15, 0.2) is 0 Å². The Kier molecular flexibility index (Phi) is 2.78. The van der Waals surface area contributed by atoms with E-state index in [9.17, 15) is 0 Å². The Bertz CT molecular complexity index is 260. The highest BCUT2D eigenvalue weighted by Gasteiger charge is 2.54. The van der Waals surface area contributed by atoms with Crippen molar-refractivity contribution in [2.24, 2.45) is 29.6 Å². The molecule has 5 unspecified atom stereocenters.